The molecule has 1 saturated heterocycles. The number of amides is 1. The van der Waals surface area contributed by atoms with Crippen molar-refractivity contribution in [2.45, 2.75) is 43.5 Å². The molecule has 0 aromatic heterocycles. The number of hydrogen-bond donors (Lipinski definition) is 0. The van der Waals surface area contributed by atoms with Crippen LogP contribution in [0.15, 0.2) is 47.4 Å². The van der Waals surface area contributed by atoms with Gasteiger partial charge in [0, 0.05) is 24.6 Å². The first-order valence-corrected chi connectivity index (χ1v) is 12.0. The Balaban J connectivity index is 1.74. The summed E-state index contributed by atoms with van der Waals surface area (Å²) in [6.45, 7) is 2.72. The Morgan fingerprint density at radius 3 is 2.67 bits per heavy atom. The lowest BCUT2D eigenvalue weighted by Gasteiger charge is -2.32. The number of carbonyl (C=O) groups excluding carboxylic acids is 1. The molecule has 0 saturated carbocycles. The van der Waals surface area contributed by atoms with E-state index >= 15 is 0 Å². The quantitative estimate of drug-likeness (QED) is 0.698. The second kappa shape index (κ2) is 8.57. The van der Waals surface area contributed by atoms with Gasteiger partial charge in [-0.15, -0.1) is 0 Å². The maximum absolute atomic E-state index is 13.7. The molecule has 4 rings (SSSR count). The molecule has 6 nitrogen and oxygen atoms in total. The topological polar surface area (TPSA) is 66.9 Å². The van der Waals surface area contributed by atoms with Gasteiger partial charge in [0.05, 0.1) is 23.2 Å². The standard InChI is InChI=1S/C22H25ClN2O4S/c1-16(26)24-13-14-29-22-15-17(10-11-21(22)24)30(27,28)25-12-6-2-3-9-20(25)18-7-4-5-8-19(18)23/h4-5,7-8,10-11,15,20H,2-3,6,9,12-14H2,1H3/t20-/m1/s1. The van der Waals surface area contributed by atoms with E-state index in [0.717, 1.165) is 31.2 Å². The summed E-state index contributed by atoms with van der Waals surface area (Å²) in [4.78, 5) is 13.7. The largest absolute Gasteiger partial charge is 0.489 e. The molecule has 1 amide bonds. The number of anilines is 1. The Morgan fingerprint density at radius 2 is 1.90 bits per heavy atom. The van der Waals surface area contributed by atoms with E-state index in [4.69, 9.17) is 16.3 Å². The van der Waals surface area contributed by atoms with Crippen LogP contribution in [0.25, 0.3) is 0 Å². The first-order chi connectivity index (χ1) is 14.4. The van der Waals surface area contributed by atoms with Gasteiger partial charge in [0.2, 0.25) is 15.9 Å². The number of nitrogens with zero attached hydrogens (tertiary/aromatic N) is 2. The summed E-state index contributed by atoms with van der Waals surface area (Å²) in [5.74, 6) is 0.322. The van der Waals surface area contributed by atoms with Gasteiger partial charge in [-0.3, -0.25) is 4.79 Å². The molecule has 0 spiro atoms. The maximum Gasteiger partial charge on any atom is 0.243 e. The van der Waals surface area contributed by atoms with E-state index in [0.29, 0.717) is 36.2 Å². The van der Waals surface area contributed by atoms with Gasteiger partial charge in [0.15, 0.2) is 0 Å². The van der Waals surface area contributed by atoms with Crippen LogP contribution in [0.4, 0.5) is 5.69 Å². The second-order valence-electron chi connectivity index (χ2n) is 7.65. The molecule has 0 N–H and O–H groups in total. The Hall–Kier alpha value is -2.09. The van der Waals surface area contributed by atoms with E-state index in [1.54, 1.807) is 27.4 Å². The van der Waals surface area contributed by atoms with E-state index < -0.39 is 10.0 Å². The third kappa shape index (κ3) is 3.94. The van der Waals surface area contributed by atoms with E-state index in [-0.39, 0.29) is 16.8 Å². The van der Waals surface area contributed by atoms with Crippen molar-refractivity contribution in [2.24, 2.45) is 0 Å². The minimum atomic E-state index is -3.78. The molecule has 1 atom stereocenters. The molecule has 2 heterocycles. The summed E-state index contributed by atoms with van der Waals surface area (Å²) in [5, 5.41) is 0.579. The lowest BCUT2D eigenvalue weighted by molar-refractivity contribution is -0.116. The second-order valence-corrected chi connectivity index (χ2v) is 9.95. The predicted octanol–water partition coefficient (Wildman–Crippen LogP) is 4.39. The first-order valence-electron chi connectivity index (χ1n) is 10.2. The summed E-state index contributed by atoms with van der Waals surface area (Å²) < 4.78 is 34.6. The minimum Gasteiger partial charge on any atom is -0.489 e. The zero-order valence-electron chi connectivity index (χ0n) is 16.9. The molecular formula is C22H25ClN2O4S. The minimum absolute atomic E-state index is 0.0959. The molecule has 0 aliphatic carbocycles. The predicted molar refractivity (Wildman–Crippen MR) is 117 cm³/mol. The van der Waals surface area contributed by atoms with Crippen molar-refractivity contribution in [2.75, 3.05) is 24.6 Å². The molecule has 2 aliphatic rings. The van der Waals surface area contributed by atoms with Crippen LogP contribution in [0.5, 0.6) is 5.75 Å². The number of sulfonamides is 1. The third-order valence-electron chi connectivity index (χ3n) is 5.75. The lowest BCUT2D eigenvalue weighted by atomic mass is 10.0. The van der Waals surface area contributed by atoms with Gasteiger partial charge in [-0.2, -0.15) is 4.31 Å². The summed E-state index contributed by atoms with van der Waals surface area (Å²) >= 11 is 6.43. The highest BCUT2D eigenvalue weighted by molar-refractivity contribution is 7.89. The van der Waals surface area contributed by atoms with E-state index in [9.17, 15) is 13.2 Å². The first kappa shape index (κ1) is 21.2. The van der Waals surface area contributed by atoms with Crippen molar-refractivity contribution in [1.29, 1.82) is 0 Å². The van der Waals surface area contributed by atoms with Crippen LogP contribution in [-0.4, -0.2) is 38.3 Å². The highest BCUT2D eigenvalue weighted by Crippen LogP contribution is 2.40. The van der Waals surface area contributed by atoms with E-state index in [2.05, 4.69) is 0 Å². The van der Waals surface area contributed by atoms with Crippen molar-refractivity contribution >= 4 is 33.2 Å². The normalized spacial score (nSPS) is 20.2. The van der Waals surface area contributed by atoms with E-state index in [1.165, 1.54) is 13.0 Å². The molecule has 1 fully saturated rings. The van der Waals surface area contributed by atoms with Gasteiger partial charge < -0.3 is 9.64 Å². The monoisotopic (exact) mass is 448 g/mol. The lowest BCUT2D eigenvalue weighted by Crippen LogP contribution is -2.37. The number of carbonyl (C=O) groups is 1. The Labute approximate surface area is 182 Å². The molecule has 8 heteroatoms. The SMILES string of the molecule is CC(=O)N1CCOc2cc(S(=O)(=O)N3CCCCC[C@@H]3c3ccccc3Cl)ccc21. The summed E-state index contributed by atoms with van der Waals surface area (Å²) in [5.41, 5.74) is 1.44. The van der Waals surface area contributed by atoms with Crippen molar-refractivity contribution < 1.29 is 17.9 Å². The van der Waals surface area contributed by atoms with Crippen LogP contribution in [0, 0.1) is 0 Å². The van der Waals surface area contributed by atoms with Gasteiger partial charge >= 0.3 is 0 Å². The van der Waals surface area contributed by atoms with E-state index in [1.807, 2.05) is 18.2 Å². The fourth-order valence-electron chi connectivity index (χ4n) is 4.25. The van der Waals surface area contributed by atoms with Crippen LogP contribution < -0.4 is 9.64 Å². The molecule has 2 aromatic carbocycles. The average Bonchev–Trinajstić information content (AvgIpc) is 2.99. The number of halogens is 1. The molecule has 2 aliphatic heterocycles. The van der Waals surface area contributed by atoms with Crippen molar-refractivity contribution in [3.05, 3.63) is 53.1 Å². The smallest absolute Gasteiger partial charge is 0.243 e. The number of fused-ring (bicyclic) bond motifs is 1. The number of benzene rings is 2. The van der Waals surface area contributed by atoms with Crippen LogP contribution in [0.3, 0.4) is 0 Å². The molecular weight excluding hydrogens is 424 g/mol. The van der Waals surface area contributed by atoms with Gasteiger partial charge in [0.25, 0.3) is 0 Å². The molecule has 0 radical (unpaired) electrons. The van der Waals surface area contributed by atoms with Gasteiger partial charge in [-0.25, -0.2) is 8.42 Å². The van der Waals surface area contributed by atoms with Crippen molar-refractivity contribution in [3.63, 3.8) is 0 Å². The van der Waals surface area contributed by atoms with Gasteiger partial charge in [-0.1, -0.05) is 42.6 Å². The Bertz CT molecular complexity index is 1060. The Morgan fingerprint density at radius 1 is 1.10 bits per heavy atom. The molecule has 160 valence electrons. The third-order valence-corrected chi connectivity index (χ3v) is 8.00. The van der Waals surface area contributed by atoms with Crippen LogP contribution in [0.2, 0.25) is 5.02 Å². The summed E-state index contributed by atoms with van der Waals surface area (Å²) in [7, 11) is -3.78. The maximum atomic E-state index is 13.7. The average molecular weight is 449 g/mol. The summed E-state index contributed by atoms with van der Waals surface area (Å²) in [6.07, 6.45) is 3.46. The molecule has 0 unspecified atom stereocenters. The van der Waals surface area contributed by atoms with Gasteiger partial charge in [0.1, 0.15) is 12.4 Å². The number of hydrogen-bond acceptors (Lipinski definition) is 4. The number of ether oxygens (including phenoxy) is 1. The van der Waals surface area contributed by atoms with Crippen LogP contribution in [-0.2, 0) is 14.8 Å². The summed E-state index contributed by atoms with van der Waals surface area (Å²) in [6, 6.07) is 11.9. The number of rotatable bonds is 3. The molecule has 2 aromatic rings. The van der Waals surface area contributed by atoms with Gasteiger partial charge in [-0.05, 0) is 36.6 Å². The van der Waals surface area contributed by atoms with Crippen LogP contribution in [0.1, 0.15) is 44.2 Å². The highest BCUT2D eigenvalue weighted by atomic mass is 35.5. The van der Waals surface area contributed by atoms with Crippen LogP contribution >= 0.6 is 11.6 Å². The Kier molecular flexibility index (Phi) is 6.04. The van der Waals surface area contributed by atoms with Crippen molar-refractivity contribution in [1.82, 2.24) is 4.31 Å². The zero-order valence-corrected chi connectivity index (χ0v) is 18.5. The molecule has 0 bridgehead atoms. The van der Waals surface area contributed by atoms with Crippen molar-refractivity contribution in [3.8, 4) is 5.75 Å². The fourth-order valence-corrected chi connectivity index (χ4v) is 6.20. The fraction of sp³-hybridized carbons (Fsp3) is 0.409. The zero-order chi connectivity index (χ0) is 21.3. The molecule has 30 heavy (non-hydrogen) atoms. The highest BCUT2D eigenvalue weighted by Gasteiger charge is 2.35.